The first kappa shape index (κ1) is 26.6. The monoisotopic (exact) mass is 532 g/mol. The third-order valence-corrected chi connectivity index (χ3v) is 7.19. The number of alkyl halides is 3. The van der Waals surface area contributed by atoms with Crippen LogP contribution in [0.25, 0.3) is 0 Å². The molecule has 0 radical (unpaired) electrons. The predicted molar refractivity (Wildman–Crippen MR) is 135 cm³/mol. The summed E-state index contributed by atoms with van der Waals surface area (Å²) in [5.74, 6) is 0.213. The number of aryl methyl sites for hydroxylation is 2. The Kier molecular flexibility index (Phi) is 8.11. The van der Waals surface area contributed by atoms with Crippen molar-refractivity contribution < 1.29 is 26.9 Å². The van der Waals surface area contributed by atoms with Gasteiger partial charge in [-0.1, -0.05) is 18.2 Å². The maximum absolute atomic E-state index is 13.7. The molecule has 1 unspecified atom stereocenters. The number of halogens is 3. The number of hydrogen-bond acceptors (Lipinski definition) is 6. The topological polar surface area (TPSA) is 84.4 Å². The van der Waals surface area contributed by atoms with Crippen LogP contribution in [0.4, 0.5) is 24.8 Å². The number of rotatable bonds is 8. The lowest BCUT2D eigenvalue weighted by Gasteiger charge is -2.17. The lowest BCUT2D eigenvalue weighted by molar-refractivity contribution is -0.138. The third kappa shape index (κ3) is 6.27. The normalized spacial score (nSPS) is 14.5. The summed E-state index contributed by atoms with van der Waals surface area (Å²) in [4.78, 5) is 23.1. The summed E-state index contributed by atoms with van der Waals surface area (Å²) in [6.07, 6.45) is -0.199. The molecule has 1 saturated heterocycles. The van der Waals surface area contributed by atoms with E-state index in [0.717, 1.165) is 19.0 Å². The van der Waals surface area contributed by atoms with Gasteiger partial charge in [0, 0.05) is 36.0 Å². The Balaban J connectivity index is 1.59. The summed E-state index contributed by atoms with van der Waals surface area (Å²) in [5.41, 5.74) is 0.473. The number of ether oxygens (including phenoxy) is 1. The Morgan fingerprint density at radius 1 is 1.14 bits per heavy atom. The Hall–Kier alpha value is -3.47. The lowest BCUT2D eigenvalue weighted by Crippen LogP contribution is -2.27. The fourth-order valence-corrected chi connectivity index (χ4v) is 5.11. The Morgan fingerprint density at radius 3 is 2.54 bits per heavy atom. The van der Waals surface area contributed by atoms with Crippen molar-refractivity contribution in [1.29, 1.82) is 0 Å². The van der Waals surface area contributed by atoms with Crippen LogP contribution < -0.4 is 10.1 Å². The summed E-state index contributed by atoms with van der Waals surface area (Å²) in [5, 5.41) is 2.92. The standard InChI is InChI=1S/C26H27F3N4O3S/c1-36-22-15-18(24(34)33-13-5-6-14-33)10-12-21(22)32-25-30-16-19(26(27,28)29)20(31-25)11-9-17-7-3-4-8-23(17)37(2)35/h3-4,7-8,10,12,15-16H,5-6,9,11,13-14H2,1-2H3,(H,30,31,32). The van der Waals surface area contributed by atoms with E-state index in [0.29, 0.717) is 40.5 Å². The van der Waals surface area contributed by atoms with Gasteiger partial charge < -0.3 is 15.0 Å². The molecule has 1 N–H and O–H groups in total. The van der Waals surface area contributed by atoms with E-state index in [2.05, 4.69) is 15.3 Å². The summed E-state index contributed by atoms with van der Waals surface area (Å²) in [6, 6.07) is 11.8. The molecule has 2 heterocycles. The van der Waals surface area contributed by atoms with Crippen molar-refractivity contribution in [3.63, 3.8) is 0 Å². The Morgan fingerprint density at radius 2 is 1.86 bits per heavy atom. The highest BCUT2D eigenvalue weighted by atomic mass is 32.2. The predicted octanol–water partition coefficient (Wildman–Crippen LogP) is 5.01. The second-order valence-electron chi connectivity index (χ2n) is 8.65. The number of methoxy groups -OCH3 is 1. The second kappa shape index (κ2) is 11.3. The minimum absolute atomic E-state index is 0.0271. The lowest BCUT2D eigenvalue weighted by atomic mass is 10.1. The maximum atomic E-state index is 13.7. The van der Waals surface area contributed by atoms with Gasteiger partial charge in [0.2, 0.25) is 5.95 Å². The number of carbonyl (C=O) groups is 1. The van der Waals surface area contributed by atoms with E-state index in [1.54, 1.807) is 47.4 Å². The van der Waals surface area contributed by atoms with Crippen molar-refractivity contribution >= 4 is 28.3 Å². The van der Waals surface area contributed by atoms with Gasteiger partial charge in [-0.15, -0.1) is 0 Å². The van der Waals surface area contributed by atoms with Gasteiger partial charge in [-0.05, 0) is 55.5 Å². The van der Waals surface area contributed by atoms with E-state index in [9.17, 15) is 22.2 Å². The molecule has 1 amide bonds. The molecule has 4 rings (SSSR count). The van der Waals surface area contributed by atoms with E-state index in [1.807, 2.05) is 0 Å². The van der Waals surface area contributed by atoms with Crippen LogP contribution in [0.3, 0.4) is 0 Å². The molecular weight excluding hydrogens is 505 g/mol. The number of nitrogens with zero attached hydrogens (tertiary/aromatic N) is 3. The summed E-state index contributed by atoms with van der Waals surface area (Å²) >= 11 is 0. The van der Waals surface area contributed by atoms with Gasteiger partial charge >= 0.3 is 6.18 Å². The number of nitrogens with one attached hydrogen (secondary N) is 1. The van der Waals surface area contributed by atoms with E-state index >= 15 is 0 Å². The zero-order valence-electron chi connectivity index (χ0n) is 20.5. The number of aromatic nitrogens is 2. The molecule has 0 saturated carbocycles. The number of likely N-dealkylation sites (tertiary alicyclic amines) is 1. The maximum Gasteiger partial charge on any atom is 0.419 e. The highest BCUT2D eigenvalue weighted by Crippen LogP contribution is 2.33. The summed E-state index contributed by atoms with van der Waals surface area (Å²) < 4.78 is 58.6. The molecular formula is C26H27F3N4O3S. The molecule has 37 heavy (non-hydrogen) atoms. The molecule has 3 aromatic rings. The van der Waals surface area contributed by atoms with Crippen molar-refractivity contribution in [3.8, 4) is 5.75 Å². The average molecular weight is 533 g/mol. The van der Waals surface area contributed by atoms with Crippen LogP contribution in [0.2, 0.25) is 0 Å². The van der Waals surface area contributed by atoms with Crippen molar-refractivity contribution in [2.24, 2.45) is 0 Å². The fraction of sp³-hybridized carbons (Fsp3) is 0.346. The van der Waals surface area contributed by atoms with Gasteiger partial charge in [-0.25, -0.2) is 9.97 Å². The molecule has 1 aliphatic heterocycles. The Labute approximate surface area is 215 Å². The number of hydrogen-bond donors (Lipinski definition) is 1. The molecule has 196 valence electrons. The molecule has 1 atom stereocenters. The zero-order chi connectivity index (χ0) is 26.6. The summed E-state index contributed by atoms with van der Waals surface area (Å²) in [6.45, 7) is 1.42. The zero-order valence-corrected chi connectivity index (χ0v) is 21.3. The first-order valence-electron chi connectivity index (χ1n) is 11.8. The smallest absolute Gasteiger partial charge is 0.419 e. The van der Waals surface area contributed by atoms with Gasteiger partial charge in [0.1, 0.15) is 5.75 Å². The molecule has 0 spiro atoms. The minimum atomic E-state index is -4.63. The molecule has 0 aliphatic carbocycles. The van der Waals surface area contributed by atoms with Crippen LogP contribution in [0, 0.1) is 0 Å². The van der Waals surface area contributed by atoms with Crippen LogP contribution in [0.15, 0.2) is 53.6 Å². The SMILES string of the molecule is COc1cc(C(=O)N2CCCC2)ccc1Nc1ncc(C(F)(F)F)c(CCc2ccccc2S(C)=O)n1. The Bertz CT molecular complexity index is 1310. The van der Waals surface area contributed by atoms with Crippen LogP contribution in [-0.4, -0.2) is 51.4 Å². The van der Waals surface area contributed by atoms with E-state index in [1.165, 1.54) is 13.4 Å². The van der Waals surface area contributed by atoms with Gasteiger partial charge in [0.15, 0.2) is 0 Å². The molecule has 0 bridgehead atoms. The molecule has 1 fully saturated rings. The van der Waals surface area contributed by atoms with Gasteiger partial charge in [0.25, 0.3) is 5.91 Å². The van der Waals surface area contributed by atoms with E-state index in [-0.39, 0.29) is 30.4 Å². The van der Waals surface area contributed by atoms with Crippen LogP contribution in [0.1, 0.15) is 40.0 Å². The third-order valence-electron chi connectivity index (χ3n) is 6.17. The fourth-order valence-electron chi connectivity index (χ4n) is 4.30. The molecule has 1 aliphatic rings. The van der Waals surface area contributed by atoms with Crippen molar-refractivity contribution in [3.05, 3.63) is 71.0 Å². The van der Waals surface area contributed by atoms with E-state index < -0.39 is 22.5 Å². The van der Waals surface area contributed by atoms with Crippen LogP contribution >= 0.6 is 0 Å². The largest absolute Gasteiger partial charge is 0.495 e. The first-order valence-corrected chi connectivity index (χ1v) is 13.3. The van der Waals surface area contributed by atoms with E-state index in [4.69, 9.17) is 4.74 Å². The number of amides is 1. The van der Waals surface area contributed by atoms with Gasteiger partial charge in [-0.2, -0.15) is 13.2 Å². The average Bonchev–Trinajstić information content (AvgIpc) is 3.42. The molecule has 7 nitrogen and oxygen atoms in total. The first-order chi connectivity index (χ1) is 17.7. The van der Waals surface area contributed by atoms with Gasteiger partial charge in [-0.3, -0.25) is 9.00 Å². The van der Waals surface area contributed by atoms with Gasteiger partial charge in [0.05, 0.1) is 34.9 Å². The van der Waals surface area contributed by atoms with Crippen LogP contribution in [-0.2, 0) is 29.8 Å². The van der Waals surface area contributed by atoms with Crippen molar-refractivity contribution in [2.75, 3.05) is 31.8 Å². The molecule has 11 heteroatoms. The van der Waals surface area contributed by atoms with Crippen molar-refractivity contribution in [2.45, 2.75) is 36.8 Å². The molecule has 1 aromatic heterocycles. The number of benzene rings is 2. The number of carbonyl (C=O) groups excluding carboxylic acids is 1. The quantitative estimate of drug-likeness (QED) is 0.439. The highest BCUT2D eigenvalue weighted by Gasteiger charge is 2.35. The van der Waals surface area contributed by atoms with Crippen molar-refractivity contribution in [1.82, 2.24) is 14.9 Å². The number of anilines is 2. The second-order valence-corrected chi connectivity index (χ2v) is 10.0. The minimum Gasteiger partial charge on any atom is -0.495 e. The molecule has 2 aromatic carbocycles. The summed E-state index contributed by atoms with van der Waals surface area (Å²) in [7, 11) is 0.173. The van der Waals surface area contributed by atoms with Crippen LogP contribution in [0.5, 0.6) is 5.75 Å². The highest BCUT2D eigenvalue weighted by molar-refractivity contribution is 7.84.